The van der Waals surface area contributed by atoms with E-state index in [-0.39, 0.29) is 41.6 Å². The van der Waals surface area contributed by atoms with Gasteiger partial charge in [-0.05, 0) is 91.9 Å². The zero-order valence-corrected chi connectivity index (χ0v) is 25.1. The first-order valence-electron chi connectivity index (χ1n) is 14.2. The molecule has 0 spiro atoms. The predicted octanol–water partition coefficient (Wildman–Crippen LogP) is 7.79. The van der Waals surface area contributed by atoms with Crippen molar-refractivity contribution in [1.82, 2.24) is 5.32 Å². The van der Waals surface area contributed by atoms with E-state index in [4.69, 9.17) is 32.7 Å². The summed E-state index contributed by atoms with van der Waals surface area (Å²) in [7, 11) is 0. The summed E-state index contributed by atoms with van der Waals surface area (Å²) in [6.45, 7) is 0. The van der Waals surface area contributed by atoms with Crippen LogP contribution in [-0.4, -0.2) is 35.0 Å². The quantitative estimate of drug-likeness (QED) is 0.164. The molecule has 1 saturated carbocycles. The lowest BCUT2D eigenvalue weighted by atomic mass is 9.92. The van der Waals surface area contributed by atoms with Gasteiger partial charge < -0.3 is 25.2 Å². The molecule has 0 aromatic heterocycles. The Bertz CT molecular complexity index is 1610. The van der Waals surface area contributed by atoms with Crippen LogP contribution in [0.15, 0.2) is 91.0 Å². The summed E-state index contributed by atoms with van der Waals surface area (Å²) in [6.07, 6.45) is 3.30. The number of halogens is 2. The van der Waals surface area contributed by atoms with Gasteiger partial charge in [0.2, 0.25) is 5.91 Å². The van der Waals surface area contributed by atoms with Gasteiger partial charge in [0.25, 0.3) is 5.91 Å². The summed E-state index contributed by atoms with van der Waals surface area (Å²) in [5, 5.41) is 15.7. The average Bonchev–Trinajstić information content (AvgIpc) is 3.00. The molecule has 4 aromatic rings. The Kier molecular flexibility index (Phi) is 10.0. The van der Waals surface area contributed by atoms with Crippen LogP contribution in [-0.2, 0) is 11.2 Å². The van der Waals surface area contributed by atoms with Crippen LogP contribution in [0.2, 0.25) is 10.0 Å². The second kappa shape index (κ2) is 14.3. The number of carbonyl (C=O) groups is 3. The standard InChI is InChI=1S/C34H30Cl2N2O6/c35-28-5-3-6-29(36)32(28)33(40)37-22-10-14-24(15-11-22)44-26-18-16-25(17-19-26)43-23-12-8-21(9-13-23)20-31(39)38-30-7-2-1-4-27(30)34(41)42/h1-9,12-13,16-19,22,24H,10-11,14-15,20H2,(H,37,40)(H,38,39)(H,41,42). The van der Waals surface area contributed by atoms with Crippen LogP contribution in [0.3, 0.4) is 0 Å². The van der Waals surface area contributed by atoms with E-state index >= 15 is 0 Å². The maximum absolute atomic E-state index is 12.7. The first-order chi connectivity index (χ1) is 21.2. The van der Waals surface area contributed by atoms with Crippen molar-refractivity contribution in [2.45, 2.75) is 44.2 Å². The highest BCUT2D eigenvalue weighted by molar-refractivity contribution is 6.39. The molecule has 0 bridgehead atoms. The maximum atomic E-state index is 12.7. The van der Waals surface area contributed by atoms with Crippen LogP contribution in [0.5, 0.6) is 17.2 Å². The van der Waals surface area contributed by atoms with Crippen LogP contribution in [0, 0.1) is 0 Å². The molecular weight excluding hydrogens is 603 g/mol. The van der Waals surface area contributed by atoms with Gasteiger partial charge in [-0.15, -0.1) is 0 Å². The van der Waals surface area contributed by atoms with E-state index < -0.39 is 5.97 Å². The number of para-hydroxylation sites is 1. The number of carboxylic acids is 1. The summed E-state index contributed by atoms with van der Waals surface area (Å²) in [5.41, 5.74) is 1.36. The molecule has 44 heavy (non-hydrogen) atoms. The molecule has 0 radical (unpaired) electrons. The number of benzene rings is 4. The molecule has 10 heteroatoms. The monoisotopic (exact) mass is 632 g/mol. The first-order valence-corrected chi connectivity index (χ1v) is 14.9. The molecule has 0 heterocycles. The average molecular weight is 634 g/mol. The molecular formula is C34H30Cl2N2O6. The van der Waals surface area contributed by atoms with Crippen molar-refractivity contribution >= 4 is 46.7 Å². The van der Waals surface area contributed by atoms with Gasteiger partial charge in [-0.3, -0.25) is 9.59 Å². The Morgan fingerprint density at radius 2 is 1.34 bits per heavy atom. The molecule has 1 aliphatic rings. The number of nitrogens with one attached hydrogen (secondary N) is 2. The van der Waals surface area contributed by atoms with E-state index in [1.165, 1.54) is 6.07 Å². The fourth-order valence-corrected chi connectivity index (χ4v) is 5.61. The van der Waals surface area contributed by atoms with Crippen molar-refractivity contribution in [3.63, 3.8) is 0 Å². The lowest BCUT2D eigenvalue weighted by Gasteiger charge is -2.29. The highest BCUT2D eigenvalue weighted by Gasteiger charge is 2.25. The molecule has 1 fully saturated rings. The number of anilines is 1. The molecule has 2 amide bonds. The van der Waals surface area contributed by atoms with Crippen LogP contribution >= 0.6 is 23.2 Å². The molecule has 0 aliphatic heterocycles. The topological polar surface area (TPSA) is 114 Å². The van der Waals surface area contributed by atoms with Crippen molar-refractivity contribution in [3.8, 4) is 17.2 Å². The van der Waals surface area contributed by atoms with Crippen LogP contribution < -0.4 is 20.1 Å². The molecule has 5 rings (SSSR count). The van der Waals surface area contributed by atoms with Crippen molar-refractivity contribution in [1.29, 1.82) is 0 Å². The third-order valence-corrected chi connectivity index (χ3v) is 7.91. The number of amides is 2. The summed E-state index contributed by atoms with van der Waals surface area (Å²) < 4.78 is 12.1. The molecule has 3 N–H and O–H groups in total. The third kappa shape index (κ3) is 8.09. The second-order valence-electron chi connectivity index (χ2n) is 10.5. The summed E-state index contributed by atoms with van der Waals surface area (Å²) in [5.74, 6) is 0.296. The Morgan fingerprint density at radius 1 is 0.750 bits per heavy atom. The second-order valence-corrected chi connectivity index (χ2v) is 11.3. The molecule has 0 saturated heterocycles. The largest absolute Gasteiger partial charge is 0.490 e. The number of hydrogen-bond donors (Lipinski definition) is 3. The fraction of sp³-hybridized carbons (Fsp3) is 0.206. The normalized spacial score (nSPS) is 16.0. The zero-order valence-electron chi connectivity index (χ0n) is 23.6. The Hall–Kier alpha value is -4.53. The van der Waals surface area contributed by atoms with Gasteiger partial charge in [0.05, 0.1) is 39.4 Å². The first kappa shape index (κ1) is 30.9. The Balaban J connectivity index is 1.06. The van der Waals surface area contributed by atoms with Gasteiger partial charge >= 0.3 is 5.97 Å². The third-order valence-electron chi connectivity index (χ3n) is 7.28. The SMILES string of the molecule is O=C(Cc1ccc(Oc2ccc(OC3CCC(NC(=O)c4c(Cl)cccc4Cl)CC3)cc2)cc1)Nc1ccccc1C(=O)O. The molecule has 8 nitrogen and oxygen atoms in total. The number of carbonyl (C=O) groups excluding carboxylic acids is 2. The van der Waals surface area contributed by atoms with Gasteiger partial charge in [0.1, 0.15) is 17.2 Å². The van der Waals surface area contributed by atoms with Gasteiger partial charge in [-0.25, -0.2) is 4.79 Å². The fourth-order valence-electron chi connectivity index (χ4n) is 5.05. The van der Waals surface area contributed by atoms with E-state index in [2.05, 4.69) is 10.6 Å². The number of ether oxygens (including phenoxy) is 2. The predicted molar refractivity (Wildman–Crippen MR) is 169 cm³/mol. The minimum absolute atomic E-state index is 0.0277. The van der Waals surface area contributed by atoms with E-state index in [1.54, 1.807) is 60.7 Å². The lowest BCUT2D eigenvalue weighted by molar-refractivity contribution is -0.115. The number of carboxylic acid groups (broad SMARTS) is 1. The Labute approximate surface area is 264 Å². The van der Waals surface area contributed by atoms with E-state index in [0.717, 1.165) is 37.0 Å². The Morgan fingerprint density at radius 3 is 1.98 bits per heavy atom. The molecule has 0 unspecified atom stereocenters. The van der Waals surface area contributed by atoms with Crippen LogP contribution in [0.25, 0.3) is 0 Å². The van der Waals surface area contributed by atoms with Gasteiger partial charge in [-0.2, -0.15) is 0 Å². The summed E-state index contributed by atoms with van der Waals surface area (Å²) in [4.78, 5) is 36.5. The minimum Gasteiger partial charge on any atom is -0.490 e. The van der Waals surface area contributed by atoms with Gasteiger partial charge in [0.15, 0.2) is 0 Å². The zero-order chi connectivity index (χ0) is 31.1. The van der Waals surface area contributed by atoms with Crippen molar-refractivity contribution < 1.29 is 29.0 Å². The molecule has 4 aromatic carbocycles. The number of aromatic carboxylic acids is 1. The summed E-state index contributed by atoms with van der Waals surface area (Å²) >= 11 is 12.3. The molecule has 226 valence electrons. The molecule has 1 aliphatic carbocycles. The highest BCUT2D eigenvalue weighted by Crippen LogP contribution is 2.29. The van der Waals surface area contributed by atoms with E-state index in [9.17, 15) is 19.5 Å². The minimum atomic E-state index is -1.10. The molecule has 0 atom stereocenters. The number of hydrogen-bond acceptors (Lipinski definition) is 5. The highest BCUT2D eigenvalue weighted by atomic mass is 35.5. The number of rotatable bonds is 10. The van der Waals surface area contributed by atoms with E-state index in [1.807, 2.05) is 24.3 Å². The van der Waals surface area contributed by atoms with Crippen molar-refractivity contribution in [2.24, 2.45) is 0 Å². The van der Waals surface area contributed by atoms with Crippen LogP contribution in [0.4, 0.5) is 5.69 Å². The van der Waals surface area contributed by atoms with Gasteiger partial charge in [-0.1, -0.05) is 53.5 Å². The lowest BCUT2D eigenvalue weighted by Crippen LogP contribution is -2.39. The summed E-state index contributed by atoms with van der Waals surface area (Å²) in [6, 6.07) is 25.8. The smallest absolute Gasteiger partial charge is 0.337 e. The van der Waals surface area contributed by atoms with Crippen molar-refractivity contribution in [3.05, 3.63) is 118 Å². The van der Waals surface area contributed by atoms with Crippen molar-refractivity contribution in [2.75, 3.05) is 5.32 Å². The van der Waals surface area contributed by atoms with Crippen LogP contribution in [0.1, 0.15) is 52.0 Å². The van der Waals surface area contributed by atoms with Gasteiger partial charge in [0, 0.05) is 6.04 Å². The maximum Gasteiger partial charge on any atom is 0.337 e. The van der Waals surface area contributed by atoms with E-state index in [0.29, 0.717) is 27.1 Å².